The highest BCUT2D eigenvalue weighted by Crippen LogP contribution is 2.48. The lowest BCUT2D eigenvalue weighted by molar-refractivity contribution is -0.118. The van der Waals surface area contributed by atoms with E-state index in [9.17, 15) is 4.79 Å². The number of rotatable bonds is 4. The number of allylic oxidation sites excluding steroid dienone is 2. The summed E-state index contributed by atoms with van der Waals surface area (Å²) in [6.45, 7) is 4.22. The predicted octanol–water partition coefficient (Wildman–Crippen LogP) is 5.24. The lowest BCUT2D eigenvalue weighted by Gasteiger charge is -2.21. The van der Waals surface area contributed by atoms with Crippen molar-refractivity contribution in [2.45, 2.75) is 32.6 Å². The van der Waals surface area contributed by atoms with Crippen molar-refractivity contribution in [2.24, 2.45) is 5.92 Å². The standard InChI is InChI=1S/C21H22O/c1-3-17-19(15-11-7-5-8-12-15)20(18(4-2)21(17)22)16-13-9-6-10-14-16/h5-14,17,19H,3-4H2,1-2H3. The summed E-state index contributed by atoms with van der Waals surface area (Å²) in [5, 5.41) is 0. The molecule has 1 aliphatic rings. The maximum Gasteiger partial charge on any atom is 0.163 e. The molecule has 0 aromatic heterocycles. The van der Waals surface area contributed by atoms with Gasteiger partial charge in [-0.15, -0.1) is 0 Å². The summed E-state index contributed by atoms with van der Waals surface area (Å²) in [5.74, 6) is 0.612. The molecule has 2 aromatic rings. The Hall–Kier alpha value is -2.15. The maximum absolute atomic E-state index is 12.9. The van der Waals surface area contributed by atoms with Gasteiger partial charge in [0.05, 0.1) is 0 Å². The van der Waals surface area contributed by atoms with Gasteiger partial charge >= 0.3 is 0 Å². The number of carbonyl (C=O) groups is 1. The van der Waals surface area contributed by atoms with Gasteiger partial charge in [0, 0.05) is 11.8 Å². The van der Waals surface area contributed by atoms with E-state index in [1.165, 1.54) is 16.7 Å². The van der Waals surface area contributed by atoms with Gasteiger partial charge in [0.15, 0.2) is 5.78 Å². The van der Waals surface area contributed by atoms with E-state index >= 15 is 0 Å². The summed E-state index contributed by atoms with van der Waals surface area (Å²) < 4.78 is 0. The lowest BCUT2D eigenvalue weighted by atomic mass is 9.81. The minimum atomic E-state index is 0.0764. The van der Waals surface area contributed by atoms with Gasteiger partial charge in [0.25, 0.3) is 0 Å². The third-order valence-electron chi connectivity index (χ3n) is 4.71. The van der Waals surface area contributed by atoms with Crippen LogP contribution >= 0.6 is 0 Å². The Morgan fingerprint density at radius 1 is 0.864 bits per heavy atom. The first-order chi connectivity index (χ1) is 10.8. The molecule has 1 nitrogen and oxygen atoms in total. The smallest absolute Gasteiger partial charge is 0.163 e. The fraction of sp³-hybridized carbons (Fsp3) is 0.286. The van der Waals surface area contributed by atoms with E-state index in [0.717, 1.165) is 18.4 Å². The summed E-state index contributed by atoms with van der Waals surface area (Å²) in [5.41, 5.74) is 4.71. The van der Waals surface area contributed by atoms with Gasteiger partial charge in [0.1, 0.15) is 0 Å². The molecular formula is C21H22O. The summed E-state index contributed by atoms with van der Waals surface area (Å²) in [6.07, 6.45) is 1.70. The third-order valence-corrected chi connectivity index (χ3v) is 4.71. The van der Waals surface area contributed by atoms with Crippen molar-refractivity contribution in [1.82, 2.24) is 0 Å². The van der Waals surface area contributed by atoms with Crippen LogP contribution in [0, 0.1) is 5.92 Å². The fourth-order valence-corrected chi connectivity index (χ4v) is 3.71. The van der Waals surface area contributed by atoms with E-state index in [1.54, 1.807) is 0 Å². The normalized spacial score (nSPS) is 21.5. The molecule has 0 saturated carbocycles. The molecule has 0 aliphatic heterocycles. The summed E-state index contributed by atoms with van der Waals surface area (Å²) in [6, 6.07) is 20.9. The monoisotopic (exact) mass is 290 g/mol. The number of hydrogen-bond acceptors (Lipinski definition) is 1. The molecule has 2 atom stereocenters. The van der Waals surface area contributed by atoms with Gasteiger partial charge in [-0.3, -0.25) is 4.79 Å². The second-order valence-corrected chi connectivity index (χ2v) is 5.88. The van der Waals surface area contributed by atoms with Crippen molar-refractivity contribution in [2.75, 3.05) is 0 Å². The van der Waals surface area contributed by atoms with Crippen LogP contribution in [0.15, 0.2) is 66.2 Å². The van der Waals surface area contributed by atoms with Crippen molar-refractivity contribution < 1.29 is 4.79 Å². The van der Waals surface area contributed by atoms with Crippen LogP contribution in [-0.2, 0) is 4.79 Å². The van der Waals surface area contributed by atoms with Crippen molar-refractivity contribution in [3.63, 3.8) is 0 Å². The Morgan fingerprint density at radius 3 is 2.00 bits per heavy atom. The molecule has 1 heteroatoms. The van der Waals surface area contributed by atoms with Crippen LogP contribution in [0.4, 0.5) is 0 Å². The number of benzene rings is 2. The minimum Gasteiger partial charge on any atom is -0.294 e. The first kappa shape index (κ1) is 14.8. The van der Waals surface area contributed by atoms with E-state index in [1.807, 2.05) is 12.1 Å². The van der Waals surface area contributed by atoms with Crippen molar-refractivity contribution in [3.05, 3.63) is 77.4 Å². The molecule has 3 rings (SSSR count). The molecule has 0 heterocycles. The molecule has 22 heavy (non-hydrogen) atoms. The van der Waals surface area contributed by atoms with Crippen molar-refractivity contribution >= 4 is 11.4 Å². The van der Waals surface area contributed by atoms with Gasteiger partial charge in [0.2, 0.25) is 0 Å². The van der Waals surface area contributed by atoms with E-state index in [4.69, 9.17) is 0 Å². The van der Waals surface area contributed by atoms with E-state index < -0.39 is 0 Å². The Bertz CT molecular complexity index is 682. The molecule has 0 amide bonds. The second-order valence-electron chi connectivity index (χ2n) is 5.88. The molecular weight excluding hydrogens is 268 g/mol. The number of ketones is 1. The van der Waals surface area contributed by atoms with E-state index in [0.29, 0.717) is 5.78 Å². The molecule has 2 aromatic carbocycles. The highest BCUT2D eigenvalue weighted by Gasteiger charge is 2.40. The summed E-state index contributed by atoms with van der Waals surface area (Å²) >= 11 is 0. The van der Waals surface area contributed by atoms with Crippen LogP contribution in [0.5, 0.6) is 0 Å². The molecule has 2 unspecified atom stereocenters. The largest absolute Gasteiger partial charge is 0.294 e. The van der Waals surface area contributed by atoms with Crippen LogP contribution in [0.1, 0.15) is 43.7 Å². The van der Waals surface area contributed by atoms with Crippen molar-refractivity contribution in [3.8, 4) is 0 Å². The molecule has 0 radical (unpaired) electrons. The first-order valence-corrected chi connectivity index (χ1v) is 8.15. The molecule has 0 bridgehead atoms. The number of carbonyl (C=O) groups excluding carboxylic acids is 1. The average molecular weight is 290 g/mol. The molecule has 0 fully saturated rings. The third kappa shape index (κ3) is 2.41. The second kappa shape index (κ2) is 6.31. The topological polar surface area (TPSA) is 17.1 Å². The van der Waals surface area contributed by atoms with E-state index in [2.05, 4.69) is 62.4 Å². The SMILES string of the molecule is CCC1=C(c2ccccc2)C(c2ccccc2)C(CC)C1=O. The van der Waals surface area contributed by atoms with Crippen LogP contribution in [0.2, 0.25) is 0 Å². The van der Waals surface area contributed by atoms with Crippen LogP contribution in [0.25, 0.3) is 5.57 Å². The van der Waals surface area contributed by atoms with Gasteiger partial charge in [-0.2, -0.15) is 0 Å². The van der Waals surface area contributed by atoms with Crippen LogP contribution in [-0.4, -0.2) is 5.78 Å². The first-order valence-electron chi connectivity index (χ1n) is 8.15. The quantitative estimate of drug-likeness (QED) is 0.752. The molecule has 112 valence electrons. The van der Waals surface area contributed by atoms with Gasteiger partial charge < -0.3 is 0 Å². The van der Waals surface area contributed by atoms with Crippen LogP contribution < -0.4 is 0 Å². The summed E-state index contributed by atoms with van der Waals surface area (Å²) in [4.78, 5) is 12.9. The van der Waals surface area contributed by atoms with Gasteiger partial charge in [-0.05, 0) is 35.1 Å². The average Bonchev–Trinajstić information content (AvgIpc) is 2.88. The Morgan fingerprint density at radius 2 is 1.45 bits per heavy atom. The molecule has 1 aliphatic carbocycles. The van der Waals surface area contributed by atoms with Crippen LogP contribution in [0.3, 0.4) is 0 Å². The Labute approximate surface area is 132 Å². The Kier molecular flexibility index (Phi) is 4.24. The number of hydrogen-bond donors (Lipinski definition) is 0. The zero-order chi connectivity index (χ0) is 15.5. The zero-order valence-electron chi connectivity index (χ0n) is 13.3. The van der Waals surface area contributed by atoms with Crippen molar-refractivity contribution in [1.29, 1.82) is 0 Å². The highest BCUT2D eigenvalue weighted by molar-refractivity contribution is 6.10. The zero-order valence-corrected chi connectivity index (χ0v) is 13.3. The molecule has 0 N–H and O–H groups in total. The van der Waals surface area contributed by atoms with Gasteiger partial charge in [-0.25, -0.2) is 0 Å². The molecule has 0 saturated heterocycles. The summed E-state index contributed by atoms with van der Waals surface area (Å²) in [7, 11) is 0. The fourth-order valence-electron chi connectivity index (χ4n) is 3.71. The van der Waals surface area contributed by atoms with Gasteiger partial charge in [-0.1, -0.05) is 74.5 Å². The Balaban J connectivity index is 2.19. The highest BCUT2D eigenvalue weighted by atomic mass is 16.1. The maximum atomic E-state index is 12.9. The number of Topliss-reactive ketones (excluding diaryl/α,β-unsaturated/α-hetero) is 1. The minimum absolute atomic E-state index is 0.0764. The van der Waals surface area contributed by atoms with E-state index in [-0.39, 0.29) is 11.8 Å². The predicted molar refractivity (Wildman–Crippen MR) is 91.6 cm³/mol. The lowest BCUT2D eigenvalue weighted by Crippen LogP contribution is -2.15. The molecule has 0 spiro atoms.